The Morgan fingerprint density at radius 3 is 2.54 bits per heavy atom. The van der Waals surface area contributed by atoms with Crippen LogP contribution in [0.25, 0.3) is 16.9 Å². The van der Waals surface area contributed by atoms with Gasteiger partial charge in [0.1, 0.15) is 11.2 Å². The summed E-state index contributed by atoms with van der Waals surface area (Å²) in [5.41, 5.74) is 5.07. The molecule has 4 aromatic rings. The molecule has 0 saturated carbocycles. The molecule has 2 aromatic carbocycles. The summed E-state index contributed by atoms with van der Waals surface area (Å²) in [4.78, 5) is 32.7. The number of benzene rings is 2. The number of aromatic amines is 1. The minimum atomic E-state index is -0.373. The zero-order valence-corrected chi connectivity index (χ0v) is 16.0. The molecule has 0 radical (unpaired) electrons. The van der Waals surface area contributed by atoms with Crippen LogP contribution < -0.4 is 5.56 Å². The fourth-order valence-corrected chi connectivity index (χ4v) is 3.38. The summed E-state index contributed by atoms with van der Waals surface area (Å²) < 4.78 is 1.66. The average Bonchev–Trinajstić information content (AvgIpc) is 2.98. The smallest absolute Gasteiger partial charge is 0.271 e. The Labute approximate surface area is 161 Å². The van der Waals surface area contributed by atoms with Gasteiger partial charge in [-0.25, -0.2) is 9.67 Å². The number of ketones is 1. The molecule has 0 aliphatic carbocycles. The molecule has 6 nitrogen and oxygen atoms in total. The molecule has 6 heteroatoms. The Balaban J connectivity index is 1.75. The van der Waals surface area contributed by atoms with Crippen molar-refractivity contribution in [1.29, 1.82) is 0 Å². The Kier molecular flexibility index (Phi) is 4.39. The van der Waals surface area contributed by atoms with Gasteiger partial charge in [0, 0.05) is 5.56 Å². The van der Waals surface area contributed by atoms with Crippen LogP contribution in [-0.2, 0) is 6.42 Å². The monoisotopic (exact) mass is 372 g/mol. The minimum absolute atomic E-state index is 0.0505. The molecule has 0 spiro atoms. The van der Waals surface area contributed by atoms with Gasteiger partial charge in [0.25, 0.3) is 5.56 Å². The first-order valence-electron chi connectivity index (χ1n) is 9.08. The van der Waals surface area contributed by atoms with E-state index in [0.29, 0.717) is 22.4 Å². The normalized spacial score (nSPS) is 11.1. The SMILES string of the molecule is Cc1ccc(C(=O)Cc2nc3c(C)nn(-c4ccccc4)c3[nH]c2=O)c(C)c1. The van der Waals surface area contributed by atoms with E-state index in [1.807, 2.05) is 63.2 Å². The topological polar surface area (TPSA) is 80.6 Å². The summed E-state index contributed by atoms with van der Waals surface area (Å²) in [7, 11) is 0. The van der Waals surface area contributed by atoms with Crippen molar-refractivity contribution in [3.63, 3.8) is 0 Å². The molecule has 0 aliphatic heterocycles. The molecule has 0 atom stereocenters. The molecule has 4 rings (SSSR count). The molecule has 140 valence electrons. The van der Waals surface area contributed by atoms with Crippen LogP contribution in [0.5, 0.6) is 0 Å². The number of nitrogens with one attached hydrogen (secondary N) is 1. The third-order valence-corrected chi connectivity index (χ3v) is 4.78. The molecule has 2 aromatic heterocycles. The number of aryl methyl sites for hydroxylation is 3. The highest BCUT2D eigenvalue weighted by molar-refractivity contribution is 5.98. The minimum Gasteiger partial charge on any atom is -0.304 e. The van der Waals surface area contributed by atoms with Gasteiger partial charge in [-0.3, -0.25) is 9.59 Å². The number of H-pyrrole nitrogens is 1. The first-order chi connectivity index (χ1) is 13.4. The Morgan fingerprint density at radius 1 is 1.07 bits per heavy atom. The van der Waals surface area contributed by atoms with Gasteiger partial charge >= 0.3 is 0 Å². The number of Topliss-reactive ketones (excluding diaryl/α,β-unsaturated/α-hetero) is 1. The summed E-state index contributed by atoms with van der Waals surface area (Å²) >= 11 is 0. The second-order valence-corrected chi connectivity index (χ2v) is 6.96. The second kappa shape index (κ2) is 6.88. The van der Waals surface area contributed by atoms with E-state index in [1.165, 1.54) is 0 Å². The van der Waals surface area contributed by atoms with E-state index in [-0.39, 0.29) is 23.5 Å². The zero-order valence-electron chi connectivity index (χ0n) is 16.0. The molecule has 0 unspecified atom stereocenters. The lowest BCUT2D eigenvalue weighted by atomic mass is 9.99. The van der Waals surface area contributed by atoms with E-state index < -0.39 is 0 Å². The van der Waals surface area contributed by atoms with Gasteiger partial charge in [0.15, 0.2) is 11.4 Å². The van der Waals surface area contributed by atoms with Gasteiger partial charge in [-0.1, -0.05) is 42.0 Å². The second-order valence-electron chi connectivity index (χ2n) is 6.96. The van der Waals surface area contributed by atoms with E-state index in [9.17, 15) is 9.59 Å². The maximum absolute atomic E-state index is 12.7. The van der Waals surface area contributed by atoms with Crippen LogP contribution in [0.1, 0.15) is 32.9 Å². The van der Waals surface area contributed by atoms with Gasteiger partial charge in [-0.05, 0) is 38.5 Å². The zero-order chi connectivity index (χ0) is 19.8. The number of para-hydroxylation sites is 1. The average molecular weight is 372 g/mol. The summed E-state index contributed by atoms with van der Waals surface area (Å²) in [6, 6.07) is 15.2. The first kappa shape index (κ1) is 17.9. The Morgan fingerprint density at radius 2 is 1.82 bits per heavy atom. The highest BCUT2D eigenvalue weighted by Gasteiger charge is 2.18. The number of carbonyl (C=O) groups excluding carboxylic acids is 1. The van der Waals surface area contributed by atoms with Crippen molar-refractivity contribution in [3.8, 4) is 5.69 Å². The van der Waals surface area contributed by atoms with E-state index in [0.717, 1.165) is 16.8 Å². The van der Waals surface area contributed by atoms with Gasteiger partial charge in [0.05, 0.1) is 17.8 Å². The third-order valence-electron chi connectivity index (χ3n) is 4.78. The first-order valence-corrected chi connectivity index (χ1v) is 9.08. The molecule has 0 bridgehead atoms. The van der Waals surface area contributed by atoms with E-state index in [2.05, 4.69) is 15.1 Å². The molecule has 0 fully saturated rings. The summed E-state index contributed by atoms with van der Waals surface area (Å²) in [5.74, 6) is -0.122. The Hall–Kier alpha value is -3.54. The van der Waals surface area contributed by atoms with Crippen molar-refractivity contribution in [2.75, 3.05) is 0 Å². The number of carbonyl (C=O) groups is 1. The van der Waals surface area contributed by atoms with Crippen molar-refractivity contribution in [2.24, 2.45) is 0 Å². The molecular weight excluding hydrogens is 352 g/mol. The van der Waals surface area contributed by atoms with Crippen molar-refractivity contribution >= 4 is 16.9 Å². The van der Waals surface area contributed by atoms with Crippen LogP contribution in [0.2, 0.25) is 0 Å². The predicted molar refractivity (Wildman–Crippen MR) is 108 cm³/mol. The van der Waals surface area contributed by atoms with Crippen LogP contribution in [0.15, 0.2) is 53.3 Å². The Bertz CT molecular complexity index is 1250. The van der Waals surface area contributed by atoms with Gasteiger partial charge in [-0.2, -0.15) is 5.10 Å². The molecule has 0 amide bonds. The lowest BCUT2D eigenvalue weighted by Gasteiger charge is -2.06. The summed E-state index contributed by atoms with van der Waals surface area (Å²) in [6.45, 7) is 5.71. The molecule has 1 N–H and O–H groups in total. The highest BCUT2D eigenvalue weighted by Crippen LogP contribution is 2.18. The maximum Gasteiger partial charge on any atom is 0.271 e. The molecule has 28 heavy (non-hydrogen) atoms. The fourth-order valence-electron chi connectivity index (χ4n) is 3.38. The fraction of sp³-hybridized carbons (Fsp3) is 0.182. The van der Waals surface area contributed by atoms with Crippen LogP contribution in [-0.4, -0.2) is 25.5 Å². The third kappa shape index (κ3) is 3.13. The molecule has 0 saturated heterocycles. The van der Waals surface area contributed by atoms with Gasteiger partial charge < -0.3 is 4.98 Å². The van der Waals surface area contributed by atoms with E-state index in [4.69, 9.17) is 0 Å². The van der Waals surface area contributed by atoms with Crippen LogP contribution in [0.3, 0.4) is 0 Å². The van der Waals surface area contributed by atoms with E-state index in [1.54, 1.807) is 10.7 Å². The number of nitrogens with zero attached hydrogens (tertiary/aromatic N) is 3. The number of aromatic nitrogens is 4. The number of fused-ring (bicyclic) bond motifs is 1. The number of hydrogen-bond donors (Lipinski definition) is 1. The predicted octanol–water partition coefficient (Wildman–Crippen LogP) is 3.46. The lowest BCUT2D eigenvalue weighted by Crippen LogP contribution is -2.20. The quantitative estimate of drug-likeness (QED) is 0.556. The van der Waals surface area contributed by atoms with Crippen LogP contribution in [0, 0.1) is 20.8 Å². The summed E-state index contributed by atoms with van der Waals surface area (Å²) in [6.07, 6.45) is -0.0505. The van der Waals surface area contributed by atoms with E-state index >= 15 is 0 Å². The number of hydrogen-bond acceptors (Lipinski definition) is 4. The summed E-state index contributed by atoms with van der Waals surface area (Å²) in [5, 5.41) is 4.50. The number of rotatable bonds is 4. The van der Waals surface area contributed by atoms with Crippen LogP contribution in [0.4, 0.5) is 0 Å². The molecular formula is C22H20N4O2. The largest absolute Gasteiger partial charge is 0.304 e. The molecule has 2 heterocycles. The lowest BCUT2D eigenvalue weighted by molar-refractivity contribution is 0.0991. The van der Waals surface area contributed by atoms with Crippen molar-refractivity contribution < 1.29 is 4.79 Å². The van der Waals surface area contributed by atoms with Crippen molar-refractivity contribution in [1.82, 2.24) is 19.7 Å². The van der Waals surface area contributed by atoms with Gasteiger partial charge in [-0.15, -0.1) is 0 Å². The van der Waals surface area contributed by atoms with Gasteiger partial charge in [0.2, 0.25) is 0 Å². The van der Waals surface area contributed by atoms with Crippen molar-refractivity contribution in [3.05, 3.63) is 87.0 Å². The maximum atomic E-state index is 12.7. The molecule has 0 aliphatic rings. The highest BCUT2D eigenvalue weighted by atomic mass is 16.1. The van der Waals surface area contributed by atoms with Crippen LogP contribution >= 0.6 is 0 Å². The van der Waals surface area contributed by atoms with Crippen molar-refractivity contribution in [2.45, 2.75) is 27.2 Å². The standard InChI is InChI=1S/C22H20N4O2/c1-13-9-10-17(14(2)11-13)19(27)12-18-22(28)24-21-20(23-18)15(3)25-26(21)16-7-5-4-6-8-16/h4-11H,12H2,1-3H3,(H,24,28).